The van der Waals surface area contributed by atoms with Crippen molar-refractivity contribution in [2.45, 2.75) is 19.3 Å². The molecule has 0 amide bonds. The highest BCUT2D eigenvalue weighted by atomic mass is 16.5. The van der Waals surface area contributed by atoms with Gasteiger partial charge >= 0.3 is 0 Å². The zero-order valence-corrected chi connectivity index (χ0v) is 12.6. The van der Waals surface area contributed by atoms with Crippen molar-refractivity contribution in [1.29, 1.82) is 10.5 Å². The van der Waals surface area contributed by atoms with E-state index in [9.17, 15) is 10.2 Å². The molecule has 0 aliphatic heterocycles. The zero-order chi connectivity index (χ0) is 17.0. The summed E-state index contributed by atoms with van der Waals surface area (Å²) in [6, 6.07) is 9.55. The van der Waals surface area contributed by atoms with E-state index in [-0.39, 0.29) is 23.0 Å². The summed E-state index contributed by atoms with van der Waals surface area (Å²) in [5.74, 6) is -0.398. The van der Waals surface area contributed by atoms with Crippen LogP contribution < -0.4 is 9.47 Å². The molecule has 0 saturated heterocycles. The third kappa shape index (κ3) is 2.97. The van der Waals surface area contributed by atoms with Crippen molar-refractivity contribution in [3.05, 3.63) is 47.5 Å². The van der Waals surface area contributed by atoms with Gasteiger partial charge in [-0.3, -0.25) is 0 Å². The van der Waals surface area contributed by atoms with Crippen molar-refractivity contribution in [2.24, 2.45) is 0 Å². The largest absolute Gasteiger partial charge is 0.508 e. The van der Waals surface area contributed by atoms with E-state index in [1.54, 1.807) is 36.6 Å². The summed E-state index contributed by atoms with van der Waals surface area (Å²) < 4.78 is 9.70. The lowest BCUT2D eigenvalue weighted by atomic mass is 9.77. The number of phenolic OH excluding ortho intramolecular Hbond substituents is 2. The first-order valence-corrected chi connectivity index (χ1v) is 6.69. The molecule has 2 rings (SSSR count). The van der Waals surface area contributed by atoms with E-state index in [0.29, 0.717) is 5.56 Å². The molecule has 0 atom stereocenters. The molecule has 116 valence electrons. The Labute approximate surface area is 133 Å². The Morgan fingerprint density at radius 3 is 2.00 bits per heavy atom. The zero-order valence-electron chi connectivity index (χ0n) is 12.6. The van der Waals surface area contributed by atoms with Crippen molar-refractivity contribution in [3.8, 4) is 35.5 Å². The highest BCUT2D eigenvalue weighted by Crippen LogP contribution is 2.46. The van der Waals surface area contributed by atoms with Crippen LogP contribution in [0, 0.1) is 23.0 Å². The lowest BCUT2D eigenvalue weighted by Gasteiger charge is -2.28. The maximum atomic E-state index is 9.85. The molecule has 0 saturated carbocycles. The first-order valence-electron chi connectivity index (χ1n) is 6.69. The Balaban J connectivity index is 2.66. The fourth-order valence-corrected chi connectivity index (χ4v) is 2.37. The Morgan fingerprint density at radius 1 is 0.870 bits per heavy atom. The minimum absolute atomic E-state index is 0.0212. The highest BCUT2D eigenvalue weighted by molar-refractivity contribution is 5.60. The minimum atomic E-state index is -0.638. The summed E-state index contributed by atoms with van der Waals surface area (Å²) in [4.78, 5) is 0. The predicted octanol–water partition coefficient (Wildman–Crippen LogP) is 3.14. The van der Waals surface area contributed by atoms with Gasteiger partial charge in [0.15, 0.2) is 11.5 Å². The molecule has 0 aliphatic carbocycles. The molecule has 0 fully saturated rings. The van der Waals surface area contributed by atoms with Gasteiger partial charge < -0.3 is 19.7 Å². The van der Waals surface area contributed by atoms with E-state index in [1.807, 2.05) is 13.8 Å². The lowest BCUT2D eigenvalue weighted by molar-refractivity contribution is 0.388. The number of nitriles is 2. The monoisotopic (exact) mass is 310 g/mol. The topological polar surface area (TPSA) is 106 Å². The number of hydrogen-bond donors (Lipinski definition) is 2. The van der Waals surface area contributed by atoms with Crippen molar-refractivity contribution >= 4 is 0 Å². The van der Waals surface area contributed by atoms with Crippen LogP contribution in [0.15, 0.2) is 36.4 Å². The molecule has 2 aromatic carbocycles. The van der Waals surface area contributed by atoms with Gasteiger partial charge in [0.1, 0.15) is 5.75 Å². The molecule has 0 bridgehead atoms. The van der Waals surface area contributed by atoms with Gasteiger partial charge in [0.25, 0.3) is 12.5 Å². The van der Waals surface area contributed by atoms with Crippen LogP contribution in [-0.2, 0) is 5.41 Å². The third-order valence-corrected chi connectivity index (χ3v) is 3.65. The Morgan fingerprint density at radius 2 is 1.43 bits per heavy atom. The van der Waals surface area contributed by atoms with E-state index < -0.39 is 5.41 Å². The maximum Gasteiger partial charge on any atom is 0.292 e. The van der Waals surface area contributed by atoms with Gasteiger partial charge in [0.2, 0.25) is 5.75 Å². The molecule has 0 spiro atoms. The number of hydrogen-bond acceptors (Lipinski definition) is 6. The van der Waals surface area contributed by atoms with Gasteiger partial charge in [-0.15, -0.1) is 10.5 Å². The van der Waals surface area contributed by atoms with Gasteiger partial charge in [-0.25, -0.2) is 0 Å². The number of benzene rings is 2. The Kier molecular flexibility index (Phi) is 4.29. The lowest BCUT2D eigenvalue weighted by Crippen LogP contribution is -2.20. The normalized spacial score (nSPS) is 10.4. The first kappa shape index (κ1) is 16.0. The molecule has 0 radical (unpaired) electrons. The van der Waals surface area contributed by atoms with E-state index in [1.165, 1.54) is 12.3 Å². The molecule has 0 unspecified atom stereocenters. The fourth-order valence-electron chi connectivity index (χ4n) is 2.37. The van der Waals surface area contributed by atoms with Crippen molar-refractivity contribution < 1.29 is 19.7 Å². The molecule has 0 aliphatic rings. The number of ether oxygens (including phenoxy) is 2. The van der Waals surface area contributed by atoms with Crippen LogP contribution in [0.2, 0.25) is 0 Å². The van der Waals surface area contributed by atoms with Crippen LogP contribution >= 0.6 is 0 Å². The molecule has 23 heavy (non-hydrogen) atoms. The van der Waals surface area contributed by atoms with E-state index in [2.05, 4.69) is 0 Å². The summed E-state index contributed by atoms with van der Waals surface area (Å²) in [5.41, 5.74) is 0.751. The number of aromatic hydroxyl groups is 2. The number of phenols is 2. The Bertz CT molecular complexity index is 799. The molecule has 6 nitrogen and oxygen atoms in total. The van der Waals surface area contributed by atoms with Crippen LogP contribution in [0.4, 0.5) is 0 Å². The summed E-state index contributed by atoms with van der Waals surface area (Å²) in [5, 5.41) is 36.9. The smallest absolute Gasteiger partial charge is 0.292 e. The van der Waals surface area contributed by atoms with E-state index in [0.717, 1.165) is 5.56 Å². The van der Waals surface area contributed by atoms with Crippen molar-refractivity contribution in [2.75, 3.05) is 0 Å². The van der Waals surface area contributed by atoms with Crippen LogP contribution in [0.5, 0.6) is 23.0 Å². The predicted molar refractivity (Wildman–Crippen MR) is 80.8 cm³/mol. The SMILES string of the molecule is CC(C)(c1ccc(O)cc1)c1ccc(O)c(OC#N)c1OC#N. The molecular weight excluding hydrogens is 296 g/mol. The van der Waals surface area contributed by atoms with E-state index >= 15 is 0 Å². The Hall–Kier alpha value is -3.38. The van der Waals surface area contributed by atoms with Crippen LogP contribution in [-0.4, -0.2) is 10.2 Å². The first-order chi connectivity index (χ1) is 10.9. The number of nitrogens with zero attached hydrogens (tertiary/aromatic N) is 2. The summed E-state index contributed by atoms with van der Waals surface area (Å²) in [6.07, 6.45) is 3.01. The van der Waals surface area contributed by atoms with Crippen LogP contribution in [0.3, 0.4) is 0 Å². The van der Waals surface area contributed by atoms with Gasteiger partial charge in [-0.1, -0.05) is 32.0 Å². The molecular formula is C17H14N2O4. The molecule has 2 N–H and O–H groups in total. The highest BCUT2D eigenvalue weighted by Gasteiger charge is 2.30. The molecule has 2 aromatic rings. The second kappa shape index (κ2) is 6.17. The van der Waals surface area contributed by atoms with Crippen molar-refractivity contribution in [1.82, 2.24) is 0 Å². The molecule has 0 aromatic heterocycles. The standard InChI is InChI=1S/C17H14N2O4/c1-17(2,11-3-5-12(20)6-4-11)13-7-8-14(21)16(23-10-19)15(13)22-9-18/h3-8,20-21H,1-2H3. The summed E-state index contributed by atoms with van der Waals surface area (Å²) in [7, 11) is 0. The molecule has 6 heteroatoms. The van der Waals surface area contributed by atoms with Gasteiger partial charge in [0, 0.05) is 11.0 Å². The van der Waals surface area contributed by atoms with E-state index in [4.69, 9.17) is 20.0 Å². The van der Waals surface area contributed by atoms with Crippen LogP contribution in [0.25, 0.3) is 0 Å². The third-order valence-electron chi connectivity index (χ3n) is 3.65. The second-order valence-electron chi connectivity index (χ2n) is 5.35. The van der Waals surface area contributed by atoms with Gasteiger partial charge in [-0.2, -0.15) is 0 Å². The minimum Gasteiger partial charge on any atom is -0.508 e. The average molecular weight is 310 g/mol. The summed E-state index contributed by atoms with van der Waals surface area (Å²) in [6.45, 7) is 3.76. The number of rotatable bonds is 4. The van der Waals surface area contributed by atoms with Gasteiger partial charge in [-0.05, 0) is 23.8 Å². The maximum absolute atomic E-state index is 9.85. The quantitative estimate of drug-likeness (QED) is 0.840. The average Bonchev–Trinajstić information content (AvgIpc) is 2.51. The summed E-state index contributed by atoms with van der Waals surface area (Å²) >= 11 is 0. The fraction of sp³-hybridized carbons (Fsp3) is 0.176. The van der Waals surface area contributed by atoms with Crippen molar-refractivity contribution in [3.63, 3.8) is 0 Å². The van der Waals surface area contributed by atoms with Crippen LogP contribution in [0.1, 0.15) is 25.0 Å². The molecule has 0 heterocycles. The second-order valence-corrected chi connectivity index (χ2v) is 5.35. The van der Waals surface area contributed by atoms with Gasteiger partial charge in [0.05, 0.1) is 0 Å².